The highest BCUT2D eigenvalue weighted by Gasteiger charge is 2.16. The van der Waals surface area contributed by atoms with E-state index in [0.29, 0.717) is 5.88 Å². The van der Waals surface area contributed by atoms with Gasteiger partial charge in [0.15, 0.2) is 0 Å². The molecule has 0 saturated heterocycles. The monoisotopic (exact) mass is 429 g/mol. The maximum Gasteiger partial charge on any atom is 0.261 e. The van der Waals surface area contributed by atoms with E-state index >= 15 is 0 Å². The van der Waals surface area contributed by atoms with Crippen LogP contribution in [0.25, 0.3) is 10.8 Å². The van der Waals surface area contributed by atoms with Crippen LogP contribution < -0.4 is 9.46 Å². The fraction of sp³-hybridized carbons (Fsp3) is 0. The first-order valence-electron chi connectivity index (χ1n) is 8.37. The Hall–Kier alpha value is -3.23. The van der Waals surface area contributed by atoms with E-state index in [-0.39, 0.29) is 21.5 Å². The molecule has 146 valence electrons. The Balaban J connectivity index is 1.55. The molecule has 0 aliphatic carbocycles. The zero-order valence-electron chi connectivity index (χ0n) is 14.7. The summed E-state index contributed by atoms with van der Waals surface area (Å²) < 4.78 is 45.7. The van der Waals surface area contributed by atoms with Crippen LogP contribution in [0.4, 0.5) is 10.1 Å². The Labute approximate surface area is 171 Å². The number of nitrogens with one attached hydrogen (secondary N) is 1. The van der Waals surface area contributed by atoms with E-state index in [4.69, 9.17) is 16.3 Å². The molecule has 29 heavy (non-hydrogen) atoms. The number of fused-ring (bicyclic) bond motifs is 1. The van der Waals surface area contributed by atoms with Gasteiger partial charge in [-0.05, 0) is 35.7 Å². The van der Waals surface area contributed by atoms with Gasteiger partial charge in [0, 0.05) is 17.6 Å². The predicted octanol–water partition coefficient (Wildman–Crippen LogP) is 5.02. The van der Waals surface area contributed by atoms with Crippen LogP contribution in [-0.4, -0.2) is 18.4 Å². The highest BCUT2D eigenvalue weighted by molar-refractivity contribution is 7.92. The van der Waals surface area contributed by atoms with Gasteiger partial charge in [0.1, 0.15) is 10.8 Å². The maximum atomic E-state index is 13.0. The molecule has 2 heterocycles. The number of ether oxygens (including phenoxy) is 1. The summed E-state index contributed by atoms with van der Waals surface area (Å²) >= 11 is 6.19. The largest absolute Gasteiger partial charge is 0.419 e. The molecule has 0 radical (unpaired) electrons. The van der Waals surface area contributed by atoms with Crippen molar-refractivity contribution in [1.82, 2.24) is 9.97 Å². The third-order valence-electron chi connectivity index (χ3n) is 3.99. The first-order chi connectivity index (χ1) is 13.9. The van der Waals surface area contributed by atoms with Crippen molar-refractivity contribution in [2.24, 2.45) is 0 Å². The molecule has 0 fully saturated rings. The Morgan fingerprint density at radius 2 is 1.66 bits per heavy atom. The Morgan fingerprint density at radius 3 is 2.38 bits per heavy atom. The van der Waals surface area contributed by atoms with Crippen LogP contribution in [0.3, 0.4) is 0 Å². The average molecular weight is 430 g/mol. The van der Waals surface area contributed by atoms with Crippen LogP contribution >= 0.6 is 11.6 Å². The number of hydrogen-bond donors (Lipinski definition) is 1. The topological polar surface area (TPSA) is 81.2 Å². The van der Waals surface area contributed by atoms with Crippen LogP contribution in [-0.2, 0) is 10.0 Å². The second kappa shape index (κ2) is 7.65. The molecule has 4 aromatic rings. The smallest absolute Gasteiger partial charge is 0.261 e. The molecule has 0 saturated carbocycles. The molecular formula is C20H13ClFN3O3S. The van der Waals surface area contributed by atoms with Crippen LogP contribution in [0.1, 0.15) is 0 Å². The van der Waals surface area contributed by atoms with E-state index < -0.39 is 15.8 Å². The second-order valence-corrected chi connectivity index (χ2v) is 8.13. The van der Waals surface area contributed by atoms with Gasteiger partial charge in [0.05, 0.1) is 16.8 Å². The van der Waals surface area contributed by atoms with Gasteiger partial charge in [-0.1, -0.05) is 35.9 Å². The van der Waals surface area contributed by atoms with Gasteiger partial charge in [0.25, 0.3) is 10.0 Å². The number of nitrogens with zero attached hydrogens (tertiary/aromatic N) is 2. The lowest BCUT2D eigenvalue weighted by atomic mass is 10.2. The van der Waals surface area contributed by atoms with E-state index in [1.807, 2.05) is 24.3 Å². The summed E-state index contributed by atoms with van der Waals surface area (Å²) in [4.78, 5) is 8.19. The van der Waals surface area contributed by atoms with Crippen molar-refractivity contribution in [3.63, 3.8) is 0 Å². The van der Waals surface area contributed by atoms with E-state index in [2.05, 4.69) is 14.7 Å². The van der Waals surface area contributed by atoms with Gasteiger partial charge in [0.2, 0.25) is 11.8 Å². The molecule has 0 unspecified atom stereocenters. The second-order valence-electron chi connectivity index (χ2n) is 6.04. The SMILES string of the molecule is O=S(=O)(Nc1cnc(Oc2cc3ccccc3cn2)c(Cl)c1)c1ccc(F)cc1. The Kier molecular flexibility index (Phi) is 5.04. The van der Waals surface area contributed by atoms with E-state index in [1.54, 1.807) is 12.3 Å². The lowest BCUT2D eigenvalue weighted by Crippen LogP contribution is -2.13. The molecule has 2 aromatic carbocycles. The fourth-order valence-electron chi connectivity index (χ4n) is 2.60. The van der Waals surface area contributed by atoms with Crippen molar-refractivity contribution in [1.29, 1.82) is 0 Å². The van der Waals surface area contributed by atoms with Crippen LogP contribution in [0.15, 0.2) is 78.0 Å². The lowest BCUT2D eigenvalue weighted by Gasteiger charge is -2.10. The highest BCUT2D eigenvalue weighted by Crippen LogP contribution is 2.30. The molecule has 9 heteroatoms. The summed E-state index contributed by atoms with van der Waals surface area (Å²) in [5.41, 5.74) is 0.137. The van der Waals surface area contributed by atoms with Crippen molar-refractivity contribution < 1.29 is 17.5 Å². The standard InChI is InChI=1S/C20H13ClFN3O3S/c21-18-10-16(25-29(26,27)17-7-5-15(22)6-8-17)12-24-20(18)28-19-9-13-3-1-2-4-14(13)11-23-19/h1-12,25H. The number of hydrogen-bond acceptors (Lipinski definition) is 5. The Morgan fingerprint density at radius 1 is 0.931 bits per heavy atom. The van der Waals surface area contributed by atoms with Crippen molar-refractivity contribution >= 4 is 38.1 Å². The number of benzene rings is 2. The number of pyridine rings is 2. The number of anilines is 1. The molecule has 0 aliphatic heterocycles. The average Bonchev–Trinajstić information content (AvgIpc) is 2.70. The zero-order chi connectivity index (χ0) is 20.4. The van der Waals surface area contributed by atoms with E-state index in [0.717, 1.165) is 35.0 Å². The molecule has 2 aromatic heterocycles. The predicted molar refractivity (Wildman–Crippen MR) is 108 cm³/mol. The molecule has 0 bridgehead atoms. The number of halogens is 2. The summed E-state index contributed by atoms with van der Waals surface area (Å²) in [6.45, 7) is 0. The van der Waals surface area contributed by atoms with Crippen LogP contribution in [0, 0.1) is 5.82 Å². The number of sulfonamides is 1. The van der Waals surface area contributed by atoms with Crippen molar-refractivity contribution in [2.75, 3.05) is 4.72 Å². The lowest BCUT2D eigenvalue weighted by molar-refractivity contribution is 0.446. The quantitative estimate of drug-likeness (QED) is 0.482. The van der Waals surface area contributed by atoms with Gasteiger partial charge in [-0.25, -0.2) is 22.8 Å². The van der Waals surface area contributed by atoms with Crippen molar-refractivity contribution in [3.8, 4) is 11.8 Å². The summed E-state index contributed by atoms with van der Waals surface area (Å²) in [5, 5.41) is 2.00. The van der Waals surface area contributed by atoms with Gasteiger partial charge >= 0.3 is 0 Å². The first-order valence-corrected chi connectivity index (χ1v) is 10.2. The summed E-state index contributed by atoms with van der Waals surface area (Å²) in [6.07, 6.45) is 2.94. The molecule has 0 aliphatic rings. The summed E-state index contributed by atoms with van der Waals surface area (Å²) in [6, 6.07) is 15.2. The molecule has 0 atom stereocenters. The molecule has 0 spiro atoms. The zero-order valence-corrected chi connectivity index (χ0v) is 16.3. The van der Waals surface area contributed by atoms with E-state index in [1.165, 1.54) is 12.3 Å². The van der Waals surface area contributed by atoms with Crippen LogP contribution in [0.2, 0.25) is 5.02 Å². The minimum atomic E-state index is -3.91. The maximum absolute atomic E-state index is 13.0. The van der Waals surface area contributed by atoms with E-state index in [9.17, 15) is 12.8 Å². The molecule has 6 nitrogen and oxygen atoms in total. The molecule has 4 rings (SSSR count). The molecule has 0 amide bonds. The molecule has 1 N–H and O–H groups in total. The van der Waals surface area contributed by atoms with Gasteiger partial charge < -0.3 is 4.74 Å². The number of rotatable bonds is 5. The van der Waals surface area contributed by atoms with Gasteiger partial charge in [-0.3, -0.25) is 4.72 Å². The van der Waals surface area contributed by atoms with Crippen LogP contribution in [0.5, 0.6) is 11.8 Å². The normalized spacial score (nSPS) is 11.4. The minimum absolute atomic E-state index is 0.0826. The van der Waals surface area contributed by atoms with Crippen molar-refractivity contribution in [3.05, 3.63) is 83.9 Å². The van der Waals surface area contributed by atoms with Gasteiger partial charge in [-0.2, -0.15) is 0 Å². The van der Waals surface area contributed by atoms with Crippen molar-refractivity contribution in [2.45, 2.75) is 4.90 Å². The fourth-order valence-corrected chi connectivity index (χ4v) is 3.84. The number of aromatic nitrogens is 2. The minimum Gasteiger partial charge on any atom is -0.419 e. The third kappa shape index (κ3) is 4.28. The summed E-state index contributed by atoms with van der Waals surface area (Å²) in [7, 11) is -3.91. The highest BCUT2D eigenvalue weighted by atomic mass is 35.5. The first kappa shape index (κ1) is 19.1. The summed E-state index contributed by atoms with van der Waals surface area (Å²) in [5.74, 6) is -0.144. The van der Waals surface area contributed by atoms with Gasteiger partial charge in [-0.15, -0.1) is 0 Å². The Bertz CT molecular complexity index is 1300. The molecular weight excluding hydrogens is 417 g/mol. The third-order valence-corrected chi connectivity index (χ3v) is 5.66.